The van der Waals surface area contributed by atoms with Crippen LogP contribution in [0.15, 0.2) is 28.7 Å². The molecule has 1 aromatic heterocycles. The van der Waals surface area contributed by atoms with Gasteiger partial charge in [-0.05, 0) is 49.6 Å². The van der Waals surface area contributed by atoms with Crippen molar-refractivity contribution in [3.05, 3.63) is 35.6 Å². The topological polar surface area (TPSA) is 87.0 Å². The summed E-state index contributed by atoms with van der Waals surface area (Å²) in [6, 6.07) is 6.46. The van der Waals surface area contributed by atoms with Crippen LogP contribution >= 0.6 is 11.8 Å². The molecule has 1 N–H and O–H groups in total. The molecule has 150 valence electrons. The van der Waals surface area contributed by atoms with Crippen molar-refractivity contribution in [3.8, 4) is 22.8 Å². The fourth-order valence-corrected chi connectivity index (χ4v) is 3.38. The molecule has 0 unspecified atom stereocenters. The van der Waals surface area contributed by atoms with Gasteiger partial charge in [-0.2, -0.15) is 11.8 Å². The van der Waals surface area contributed by atoms with Crippen molar-refractivity contribution in [2.75, 3.05) is 32.3 Å². The molecule has 0 saturated heterocycles. The monoisotopic (exact) mass is 405 g/mol. The van der Waals surface area contributed by atoms with Crippen molar-refractivity contribution >= 4 is 23.6 Å². The maximum atomic E-state index is 12.7. The second-order valence-corrected chi connectivity index (χ2v) is 7.26. The summed E-state index contributed by atoms with van der Waals surface area (Å²) < 4.78 is 21.7. The van der Waals surface area contributed by atoms with E-state index in [9.17, 15) is 9.59 Å². The number of fused-ring (bicyclic) bond motifs is 1. The van der Waals surface area contributed by atoms with Crippen molar-refractivity contribution in [1.29, 1.82) is 0 Å². The number of furan rings is 1. The van der Waals surface area contributed by atoms with Gasteiger partial charge in [-0.15, -0.1) is 0 Å². The number of hydrogen-bond donors (Lipinski definition) is 1. The van der Waals surface area contributed by atoms with Gasteiger partial charge in [0, 0.05) is 5.56 Å². The summed E-state index contributed by atoms with van der Waals surface area (Å²) in [6.07, 6.45) is 2.43. The molecule has 2 aromatic rings. The summed E-state index contributed by atoms with van der Waals surface area (Å²) in [5, 5.41) is 2.74. The van der Waals surface area contributed by atoms with Gasteiger partial charge in [0.15, 0.2) is 11.5 Å². The maximum Gasteiger partial charge on any atom is 0.328 e. The number of methoxy groups -OCH3 is 1. The van der Waals surface area contributed by atoms with Gasteiger partial charge in [-0.25, -0.2) is 4.79 Å². The van der Waals surface area contributed by atoms with Gasteiger partial charge in [0.25, 0.3) is 5.91 Å². The highest BCUT2D eigenvalue weighted by atomic mass is 32.2. The highest BCUT2D eigenvalue weighted by molar-refractivity contribution is 7.98. The Morgan fingerprint density at radius 2 is 1.96 bits per heavy atom. The minimum Gasteiger partial charge on any atom is -0.486 e. The number of nitrogens with one attached hydrogen (secondary N) is 1. The first-order valence-electron chi connectivity index (χ1n) is 8.91. The van der Waals surface area contributed by atoms with E-state index in [1.807, 2.05) is 24.5 Å². The second kappa shape index (κ2) is 9.05. The third-order valence-corrected chi connectivity index (χ3v) is 5.03. The molecule has 1 aromatic carbocycles. The molecule has 0 bridgehead atoms. The maximum absolute atomic E-state index is 12.7. The van der Waals surface area contributed by atoms with Crippen LogP contribution in [0, 0.1) is 6.92 Å². The van der Waals surface area contributed by atoms with E-state index in [-0.39, 0.29) is 5.91 Å². The van der Waals surface area contributed by atoms with E-state index in [1.54, 1.807) is 24.8 Å². The molecule has 1 aliphatic rings. The fraction of sp³-hybridized carbons (Fsp3) is 0.400. The van der Waals surface area contributed by atoms with Crippen molar-refractivity contribution in [2.45, 2.75) is 19.4 Å². The zero-order chi connectivity index (χ0) is 20.1. The van der Waals surface area contributed by atoms with Gasteiger partial charge < -0.3 is 23.9 Å². The fourth-order valence-electron chi connectivity index (χ4n) is 2.91. The Bertz CT molecular complexity index is 862. The number of carbonyl (C=O) groups excluding carboxylic acids is 2. The number of amides is 1. The number of benzene rings is 1. The summed E-state index contributed by atoms with van der Waals surface area (Å²) in [7, 11) is 1.31. The average Bonchev–Trinajstić information content (AvgIpc) is 3.11. The quantitative estimate of drug-likeness (QED) is 0.709. The Morgan fingerprint density at radius 1 is 1.21 bits per heavy atom. The summed E-state index contributed by atoms with van der Waals surface area (Å²) in [6.45, 7) is 2.73. The van der Waals surface area contributed by atoms with E-state index < -0.39 is 12.0 Å². The number of carbonyl (C=O) groups is 2. The minimum atomic E-state index is -0.697. The Kier molecular flexibility index (Phi) is 6.51. The largest absolute Gasteiger partial charge is 0.486 e. The van der Waals surface area contributed by atoms with Crippen LogP contribution in [0.3, 0.4) is 0 Å². The predicted octanol–water partition coefficient (Wildman–Crippen LogP) is 3.05. The van der Waals surface area contributed by atoms with Crippen molar-refractivity contribution in [3.63, 3.8) is 0 Å². The third-order valence-electron chi connectivity index (χ3n) is 4.39. The van der Waals surface area contributed by atoms with E-state index in [1.165, 1.54) is 7.11 Å². The first-order valence-corrected chi connectivity index (χ1v) is 10.3. The summed E-state index contributed by atoms with van der Waals surface area (Å²) in [5.74, 6) is 2.23. The predicted molar refractivity (Wildman–Crippen MR) is 106 cm³/mol. The van der Waals surface area contributed by atoms with Gasteiger partial charge in [0.2, 0.25) is 0 Å². The molecule has 7 nitrogen and oxygen atoms in total. The molecule has 2 heterocycles. The third kappa shape index (κ3) is 4.44. The number of ether oxygens (including phenoxy) is 3. The average molecular weight is 405 g/mol. The first kappa shape index (κ1) is 20.1. The van der Waals surface area contributed by atoms with Gasteiger partial charge in [0.1, 0.15) is 30.8 Å². The SMILES string of the molecule is COC(=O)[C@H](CCSC)NC(=O)c1cc(-c2ccc3c(c2)OCCO3)oc1C. The standard InChI is InChI=1S/C20H23NO6S/c1-12-14(19(22)21-15(6-9-28-3)20(23)24-2)11-17(27-12)13-4-5-16-18(10-13)26-8-7-25-16/h4-5,10-11,15H,6-9H2,1-3H3,(H,21,22)/t15-/m0/s1. The number of rotatable bonds is 7. The number of aryl methyl sites for hydroxylation is 1. The zero-order valence-electron chi connectivity index (χ0n) is 16.1. The number of hydrogen-bond acceptors (Lipinski definition) is 7. The molecule has 1 aliphatic heterocycles. The molecular formula is C20H23NO6S. The number of esters is 1. The van der Waals surface area contributed by atoms with E-state index >= 15 is 0 Å². The Morgan fingerprint density at radius 3 is 2.68 bits per heavy atom. The Labute approximate surface area is 167 Å². The first-order chi connectivity index (χ1) is 13.5. The molecule has 8 heteroatoms. The highest BCUT2D eigenvalue weighted by Crippen LogP contribution is 2.35. The lowest BCUT2D eigenvalue weighted by molar-refractivity contribution is -0.142. The van der Waals surface area contributed by atoms with Crippen LogP contribution < -0.4 is 14.8 Å². The molecule has 1 atom stereocenters. The van der Waals surface area contributed by atoms with E-state index in [2.05, 4.69) is 5.32 Å². The van der Waals surface area contributed by atoms with E-state index in [0.29, 0.717) is 48.2 Å². The van der Waals surface area contributed by atoms with Crippen LogP contribution in [-0.2, 0) is 9.53 Å². The van der Waals surface area contributed by atoms with Gasteiger partial charge in [-0.1, -0.05) is 0 Å². The minimum absolute atomic E-state index is 0.374. The lowest BCUT2D eigenvalue weighted by Crippen LogP contribution is -2.42. The molecule has 28 heavy (non-hydrogen) atoms. The molecule has 0 radical (unpaired) electrons. The number of thioether (sulfide) groups is 1. The van der Waals surface area contributed by atoms with Gasteiger partial charge in [-0.3, -0.25) is 4.79 Å². The van der Waals surface area contributed by atoms with Crippen LogP contribution in [0.4, 0.5) is 0 Å². The van der Waals surface area contributed by atoms with Crippen LogP contribution in [0.5, 0.6) is 11.5 Å². The Balaban J connectivity index is 1.79. The van der Waals surface area contributed by atoms with Crippen molar-refractivity contribution in [1.82, 2.24) is 5.32 Å². The molecule has 0 spiro atoms. The summed E-state index contributed by atoms with van der Waals surface area (Å²) in [5.41, 5.74) is 1.15. The van der Waals surface area contributed by atoms with Crippen molar-refractivity contribution in [2.24, 2.45) is 0 Å². The summed E-state index contributed by atoms with van der Waals surface area (Å²) in [4.78, 5) is 24.6. The van der Waals surface area contributed by atoms with Gasteiger partial charge in [0.05, 0.1) is 12.7 Å². The zero-order valence-corrected chi connectivity index (χ0v) is 16.9. The lowest BCUT2D eigenvalue weighted by atomic mass is 10.1. The smallest absolute Gasteiger partial charge is 0.328 e. The molecule has 1 amide bonds. The summed E-state index contributed by atoms with van der Waals surface area (Å²) >= 11 is 1.60. The van der Waals surface area contributed by atoms with Crippen LogP contribution in [0.2, 0.25) is 0 Å². The molecule has 0 saturated carbocycles. The molecular weight excluding hydrogens is 382 g/mol. The van der Waals surface area contributed by atoms with E-state index in [0.717, 1.165) is 11.3 Å². The Hall–Kier alpha value is -2.61. The molecule has 3 rings (SSSR count). The lowest BCUT2D eigenvalue weighted by Gasteiger charge is -2.18. The van der Waals surface area contributed by atoms with Crippen molar-refractivity contribution < 1.29 is 28.2 Å². The second-order valence-electron chi connectivity index (χ2n) is 6.27. The van der Waals surface area contributed by atoms with Crippen LogP contribution in [0.25, 0.3) is 11.3 Å². The van der Waals surface area contributed by atoms with E-state index in [4.69, 9.17) is 18.6 Å². The van der Waals surface area contributed by atoms with Crippen LogP contribution in [0.1, 0.15) is 22.5 Å². The van der Waals surface area contributed by atoms with Gasteiger partial charge >= 0.3 is 5.97 Å². The van der Waals surface area contributed by atoms with Crippen LogP contribution in [-0.4, -0.2) is 50.3 Å². The molecule has 0 fully saturated rings. The normalized spacial score (nSPS) is 13.7. The highest BCUT2D eigenvalue weighted by Gasteiger charge is 2.24. The molecule has 0 aliphatic carbocycles.